The second-order valence-electron chi connectivity index (χ2n) is 6.99. The van der Waals surface area contributed by atoms with Crippen LogP contribution in [-0.2, 0) is 11.5 Å². The Balaban J connectivity index is 1.76. The van der Waals surface area contributed by atoms with Crippen LogP contribution in [0.5, 0.6) is 0 Å². The number of rotatable bonds is 6. The first-order valence-electron chi connectivity index (χ1n) is 8.03. The molecule has 0 saturated heterocycles. The van der Waals surface area contributed by atoms with Crippen molar-refractivity contribution in [3.8, 4) is 0 Å². The Kier molecular flexibility index (Phi) is 4.63. The van der Waals surface area contributed by atoms with Crippen LogP contribution < -0.4 is 5.32 Å². The van der Waals surface area contributed by atoms with Gasteiger partial charge < -0.3 is 14.6 Å². The molecule has 0 unspecified atom stereocenters. The van der Waals surface area contributed by atoms with E-state index >= 15 is 0 Å². The van der Waals surface area contributed by atoms with E-state index in [9.17, 15) is 0 Å². The molecule has 2 aromatic heterocycles. The molecule has 5 nitrogen and oxygen atoms in total. The fraction of sp³-hybridized carbons (Fsp3) is 0.412. The minimum atomic E-state index is -1.05. The number of nitrogens with zero attached hydrogens (tertiary/aromatic N) is 3. The predicted molar refractivity (Wildman–Crippen MR) is 96.8 cm³/mol. The Morgan fingerprint density at radius 1 is 1.30 bits per heavy atom. The van der Waals surface area contributed by atoms with Crippen LogP contribution in [0.15, 0.2) is 36.9 Å². The minimum absolute atomic E-state index is 0.543. The summed E-state index contributed by atoms with van der Waals surface area (Å²) in [5, 5.41) is 4.23. The summed E-state index contributed by atoms with van der Waals surface area (Å²) >= 11 is 0. The summed E-state index contributed by atoms with van der Waals surface area (Å²) in [6.45, 7) is 9.27. The van der Waals surface area contributed by atoms with E-state index < -0.39 is 8.07 Å². The molecule has 0 atom stereocenters. The van der Waals surface area contributed by atoms with Crippen molar-refractivity contribution in [2.75, 3.05) is 13.2 Å². The van der Waals surface area contributed by atoms with E-state index in [0.717, 1.165) is 35.5 Å². The lowest BCUT2D eigenvalue weighted by Crippen LogP contribution is -2.22. The van der Waals surface area contributed by atoms with E-state index in [1.54, 1.807) is 6.33 Å². The van der Waals surface area contributed by atoms with Crippen molar-refractivity contribution in [1.82, 2.24) is 19.9 Å². The number of fused-ring (bicyclic) bond motifs is 1. The van der Waals surface area contributed by atoms with Crippen LogP contribution in [-0.4, -0.2) is 35.8 Å². The van der Waals surface area contributed by atoms with Crippen molar-refractivity contribution in [2.45, 2.75) is 32.4 Å². The first-order chi connectivity index (χ1) is 11.0. The predicted octanol–water partition coefficient (Wildman–Crippen LogP) is 3.24. The molecule has 0 amide bonds. The van der Waals surface area contributed by atoms with Gasteiger partial charge in [-0.15, -0.1) is 0 Å². The van der Waals surface area contributed by atoms with E-state index in [1.165, 1.54) is 6.04 Å². The molecule has 0 bridgehead atoms. The average molecular weight is 328 g/mol. The summed E-state index contributed by atoms with van der Waals surface area (Å²) in [4.78, 5) is 8.90. The van der Waals surface area contributed by atoms with Gasteiger partial charge in [0.2, 0.25) is 0 Å². The Hall–Kier alpha value is -1.92. The topological polar surface area (TPSA) is 52.0 Å². The molecule has 23 heavy (non-hydrogen) atoms. The zero-order valence-corrected chi connectivity index (χ0v) is 15.0. The number of hydrogen-bond donors (Lipinski definition) is 1. The van der Waals surface area contributed by atoms with Gasteiger partial charge in [-0.1, -0.05) is 25.7 Å². The van der Waals surface area contributed by atoms with Crippen LogP contribution in [0.2, 0.25) is 25.7 Å². The molecule has 0 aromatic carbocycles. The number of allylic oxidation sites excluding steroid dienone is 2. The fourth-order valence-electron chi connectivity index (χ4n) is 2.51. The SMILES string of the molecule is C[Si](C)(C)CCOCn1ccc2c(C3=CCNC=C3)ncnc21. The van der Waals surface area contributed by atoms with Gasteiger partial charge >= 0.3 is 0 Å². The standard InChI is InChI=1S/C17H24N4OSi/c1-23(2,3)11-10-22-13-21-9-6-15-16(19-12-20-17(15)21)14-4-7-18-8-5-14/h4-7,9,12,18H,8,10-11,13H2,1-3H3. The molecule has 6 heteroatoms. The maximum absolute atomic E-state index is 5.85. The maximum Gasteiger partial charge on any atom is 0.145 e. The lowest BCUT2D eigenvalue weighted by atomic mass is 10.1. The Morgan fingerprint density at radius 3 is 2.91 bits per heavy atom. The second kappa shape index (κ2) is 6.68. The number of aromatic nitrogens is 3. The third kappa shape index (κ3) is 3.89. The molecule has 1 aliphatic rings. The number of ether oxygens (including phenoxy) is 1. The molecule has 2 aromatic rings. The van der Waals surface area contributed by atoms with Crippen LogP contribution in [0, 0.1) is 0 Å². The molecule has 3 rings (SSSR count). The molecule has 0 aliphatic carbocycles. The highest BCUT2D eigenvalue weighted by molar-refractivity contribution is 6.76. The fourth-order valence-corrected chi connectivity index (χ4v) is 3.27. The molecule has 3 heterocycles. The molecule has 0 fully saturated rings. The van der Waals surface area contributed by atoms with Crippen LogP contribution in [0.1, 0.15) is 5.69 Å². The van der Waals surface area contributed by atoms with Gasteiger partial charge in [0.25, 0.3) is 0 Å². The largest absolute Gasteiger partial charge is 0.387 e. The van der Waals surface area contributed by atoms with Crippen molar-refractivity contribution >= 4 is 24.7 Å². The van der Waals surface area contributed by atoms with Gasteiger partial charge in [-0.3, -0.25) is 0 Å². The third-order valence-electron chi connectivity index (χ3n) is 3.88. The maximum atomic E-state index is 5.85. The Morgan fingerprint density at radius 2 is 2.17 bits per heavy atom. The first-order valence-corrected chi connectivity index (χ1v) is 11.7. The number of nitrogens with one attached hydrogen (secondary N) is 1. The van der Waals surface area contributed by atoms with Crippen LogP contribution in [0.25, 0.3) is 16.6 Å². The molecule has 0 radical (unpaired) electrons. The summed E-state index contributed by atoms with van der Waals surface area (Å²) < 4.78 is 7.90. The average Bonchev–Trinajstić information content (AvgIpc) is 2.95. The summed E-state index contributed by atoms with van der Waals surface area (Å²) in [6, 6.07) is 3.25. The van der Waals surface area contributed by atoms with Crippen LogP contribution in [0.3, 0.4) is 0 Å². The van der Waals surface area contributed by atoms with Gasteiger partial charge in [0.05, 0.1) is 5.69 Å². The molecular weight excluding hydrogens is 304 g/mol. The van der Waals surface area contributed by atoms with E-state index in [-0.39, 0.29) is 0 Å². The number of dihydropyridines is 1. The van der Waals surface area contributed by atoms with Gasteiger partial charge in [0.1, 0.15) is 18.7 Å². The monoisotopic (exact) mass is 328 g/mol. The Bertz CT molecular complexity index is 743. The zero-order chi connectivity index (χ0) is 16.3. The molecular formula is C17H24N4OSi. The molecule has 0 saturated carbocycles. The highest BCUT2D eigenvalue weighted by Crippen LogP contribution is 2.24. The van der Waals surface area contributed by atoms with Gasteiger partial charge in [-0.2, -0.15) is 0 Å². The van der Waals surface area contributed by atoms with Crippen molar-refractivity contribution in [1.29, 1.82) is 0 Å². The second-order valence-corrected chi connectivity index (χ2v) is 12.6. The molecule has 0 spiro atoms. The first kappa shape index (κ1) is 16.0. The minimum Gasteiger partial charge on any atom is -0.387 e. The van der Waals surface area contributed by atoms with Crippen molar-refractivity contribution < 1.29 is 4.74 Å². The summed E-state index contributed by atoms with van der Waals surface area (Å²) in [7, 11) is -1.05. The number of hydrogen-bond acceptors (Lipinski definition) is 4. The molecule has 122 valence electrons. The van der Waals surface area contributed by atoms with Crippen LogP contribution >= 0.6 is 0 Å². The van der Waals surface area contributed by atoms with Crippen LogP contribution in [0.4, 0.5) is 0 Å². The normalized spacial score (nSPS) is 14.8. The van der Waals surface area contributed by atoms with E-state index in [4.69, 9.17) is 4.74 Å². The lowest BCUT2D eigenvalue weighted by Gasteiger charge is -2.15. The Labute approximate surface area is 138 Å². The van der Waals surface area contributed by atoms with E-state index in [2.05, 4.69) is 51.6 Å². The smallest absolute Gasteiger partial charge is 0.145 e. The zero-order valence-electron chi connectivity index (χ0n) is 14.0. The highest BCUT2D eigenvalue weighted by atomic mass is 28.3. The van der Waals surface area contributed by atoms with Gasteiger partial charge in [-0.05, 0) is 24.4 Å². The molecule has 1 aliphatic heterocycles. The quantitative estimate of drug-likeness (QED) is 0.653. The lowest BCUT2D eigenvalue weighted by molar-refractivity contribution is 0.0899. The van der Waals surface area contributed by atoms with Crippen molar-refractivity contribution in [3.05, 3.63) is 42.6 Å². The van der Waals surface area contributed by atoms with Gasteiger partial charge in [0.15, 0.2) is 0 Å². The summed E-state index contributed by atoms with van der Waals surface area (Å²) in [6.07, 6.45) is 9.81. The van der Waals surface area contributed by atoms with Gasteiger partial charge in [-0.25, -0.2) is 9.97 Å². The van der Waals surface area contributed by atoms with Crippen molar-refractivity contribution in [3.63, 3.8) is 0 Å². The van der Waals surface area contributed by atoms with E-state index in [0.29, 0.717) is 6.73 Å². The molecule has 1 N–H and O–H groups in total. The highest BCUT2D eigenvalue weighted by Gasteiger charge is 2.13. The summed E-state index contributed by atoms with van der Waals surface area (Å²) in [5.41, 5.74) is 3.04. The van der Waals surface area contributed by atoms with E-state index in [1.807, 2.05) is 18.5 Å². The summed E-state index contributed by atoms with van der Waals surface area (Å²) in [5.74, 6) is 0. The third-order valence-corrected chi connectivity index (χ3v) is 5.58. The van der Waals surface area contributed by atoms with Crippen molar-refractivity contribution in [2.24, 2.45) is 0 Å². The van der Waals surface area contributed by atoms with Gasteiger partial charge in [0, 0.05) is 38.4 Å².